The predicted molar refractivity (Wildman–Crippen MR) is 82.0 cm³/mol. The van der Waals surface area contributed by atoms with Crippen LogP contribution >= 0.6 is 0 Å². The summed E-state index contributed by atoms with van der Waals surface area (Å²) in [4.78, 5) is 26.4. The summed E-state index contributed by atoms with van der Waals surface area (Å²) in [6.45, 7) is -0.0984. The maximum Gasteiger partial charge on any atom is 0.338 e. The van der Waals surface area contributed by atoms with E-state index >= 15 is 0 Å². The topological polar surface area (TPSA) is 108 Å². The number of nitrogens with zero attached hydrogens (tertiary/aromatic N) is 1. The largest absolute Gasteiger partial charge is 0.504 e. The van der Waals surface area contributed by atoms with Crippen LogP contribution in [0.3, 0.4) is 0 Å². The van der Waals surface area contributed by atoms with Crippen LogP contribution in [-0.4, -0.2) is 23.3 Å². The zero-order chi connectivity index (χ0) is 17.5. The van der Waals surface area contributed by atoms with Crippen LogP contribution in [0.2, 0.25) is 0 Å². The van der Waals surface area contributed by atoms with E-state index in [-0.39, 0.29) is 30.3 Å². The summed E-state index contributed by atoms with van der Waals surface area (Å²) >= 11 is 0. The SMILES string of the molecule is COc1cc(C(=O)OCc2ccc(CO[N+](=O)[O-])cc2)ccc1O. The number of esters is 1. The molecule has 2 rings (SSSR count). The molecule has 0 radical (unpaired) electrons. The molecule has 0 unspecified atom stereocenters. The molecular weight excluding hydrogens is 318 g/mol. The van der Waals surface area contributed by atoms with Gasteiger partial charge in [-0.15, -0.1) is 10.1 Å². The van der Waals surface area contributed by atoms with Crippen LogP contribution in [0.5, 0.6) is 11.5 Å². The number of benzene rings is 2. The van der Waals surface area contributed by atoms with E-state index in [1.165, 1.54) is 25.3 Å². The predicted octanol–water partition coefficient (Wildman–Crippen LogP) is 2.47. The minimum absolute atomic E-state index is 0.0401. The monoisotopic (exact) mass is 333 g/mol. The lowest BCUT2D eigenvalue weighted by atomic mass is 10.1. The Morgan fingerprint density at radius 1 is 1.12 bits per heavy atom. The van der Waals surface area contributed by atoms with E-state index in [1.807, 2.05) is 0 Å². The Morgan fingerprint density at radius 2 is 1.75 bits per heavy atom. The molecule has 0 saturated carbocycles. The van der Waals surface area contributed by atoms with Crippen LogP contribution in [0.25, 0.3) is 0 Å². The van der Waals surface area contributed by atoms with E-state index in [1.54, 1.807) is 24.3 Å². The molecule has 8 heteroatoms. The van der Waals surface area contributed by atoms with Crippen molar-refractivity contribution in [3.05, 3.63) is 69.3 Å². The molecule has 8 nitrogen and oxygen atoms in total. The zero-order valence-electron chi connectivity index (χ0n) is 12.8. The third-order valence-electron chi connectivity index (χ3n) is 3.14. The van der Waals surface area contributed by atoms with Crippen molar-refractivity contribution in [2.24, 2.45) is 0 Å². The molecule has 0 heterocycles. The molecule has 0 saturated heterocycles. The van der Waals surface area contributed by atoms with Gasteiger partial charge in [0.25, 0.3) is 5.09 Å². The zero-order valence-corrected chi connectivity index (χ0v) is 12.8. The van der Waals surface area contributed by atoms with Crippen LogP contribution in [0.1, 0.15) is 21.5 Å². The van der Waals surface area contributed by atoms with Crippen molar-refractivity contribution in [3.8, 4) is 11.5 Å². The number of hydrogen-bond donors (Lipinski definition) is 1. The molecule has 0 aromatic heterocycles. The molecule has 0 spiro atoms. The smallest absolute Gasteiger partial charge is 0.338 e. The standard InChI is InChI=1S/C16H15NO7/c1-22-15-8-13(6-7-14(15)18)16(19)23-9-11-2-4-12(5-3-11)10-24-17(20)21/h2-8,18H,9-10H2,1H3. The molecule has 2 aromatic carbocycles. The molecule has 0 atom stereocenters. The molecular formula is C16H15NO7. The Bertz CT molecular complexity index is 728. The lowest BCUT2D eigenvalue weighted by molar-refractivity contribution is -0.763. The third-order valence-corrected chi connectivity index (χ3v) is 3.14. The number of hydrogen-bond acceptors (Lipinski definition) is 7. The molecule has 0 amide bonds. The summed E-state index contributed by atoms with van der Waals surface area (Å²) < 4.78 is 10.1. The first kappa shape index (κ1) is 17.1. The molecule has 2 aromatic rings. The molecule has 0 bridgehead atoms. The summed E-state index contributed by atoms with van der Waals surface area (Å²) in [7, 11) is 1.38. The van der Waals surface area contributed by atoms with Crippen LogP contribution in [0, 0.1) is 10.1 Å². The van der Waals surface area contributed by atoms with Crippen LogP contribution < -0.4 is 4.74 Å². The summed E-state index contributed by atoms with van der Waals surface area (Å²) in [5, 5.41) is 18.8. The van der Waals surface area contributed by atoms with Gasteiger partial charge in [-0.2, -0.15) is 0 Å². The minimum atomic E-state index is -0.860. The van der Waals surface area contributed by atoms with Gasteiger partial charge >= 0.3 is 5.97 Å². The highest BCUT2D eigenvalue weighted by molar-refractivity contribution is 5.90. The number of phenolic OH excluding ortho intramolecular Hbond substituents is 1. The maximum absolute atomic E-state index is 12.0. The lowest BCUT2D eigenvalue weighted by Crippen LogP contribution is -2.06. The normalized spacial score (nSPS) is 10.0. The first-order chi connectivity index (χ1) is 11.5. The Kier molecular flexibility index (Phi) is 5.56. The maximum atomic E-state index is 12.0. The van der Waals surface area contributed by atoms with Crippen molar-refractivity contribution in [1.29, 1.82) is 0 Å². The Morgan fingerprint density at radius 3 is 2.33 bits per heavy atom. The van der Waals surface area contributed by atoms with Crippen molar-refractivity contribution < 1.29 is 29.3 Å². The van der Waals surface area contributed by atoms with Gasteiger partial charge in [0, 0.05) is 0 Å². The number of methoxy groups -OCH3 is 1. The fourth-order valence-electron chi connectivity index (χ4n) is 1.90. The van der Waals surface area contributed by atoms with Gasteiger partial charge in [-0.05, 0) is 29.3 Å². The number of aromatic hydroxyl groups is 1. The highest BCUT2D eigenvalue weighted by Gasteiger charge is 2.11. The number of phenols is 1. The number of rotatable bonds is 7. The molecule has 0 aliphatic carbocycles. The number of carbonyl (C=O) groups is 1. The average Bonchev–Trinajstić information content (AvgIpc) is 2.59. The molecule has 0 aliphatic heterocycles. The van der Waals surface area contributed by atoms with Crippen molar-refractivity contribution >= 4 is 5.97 Å². The summed E-state index contributed by atoms with van der Waals surface area (Å²) in [6.07, 6.45) is 0. The molecule has 1 N–H and O–H groups in total. The molecule has 0 aliphatic rings. The highest BCUT2D eigenvalue weighted by Crippen LogP contribution is 2.26. The molecule has 126 valence electrons. The number of carbonyl (C=O) groups excluding carboxylic acids is 1. The van der Waals surface area contributed by atoms with Crippen molar-refractivity contribution in [2.45, 2.75) is 13.2 Å². The van der Waals surface area contributed by atoms with Gasteiger partial charge in [0.2, 0.25) is 0 Å². The van der Waals surface area contributed by atoms with Crippen LogP contribution in [0.15, 0.2) is 42.5 Å². The van der Waals surface area contributed by atoms with Gasteiger partial charge in [-0.3, -0.25) is 0 Å². The van der Waals surface area contributed by atoms with E-state index in [2.05, 4.69) is 4.84 Å². The van der Waals surface area contributed by atoms with Gasteiger partial charge < -0.3 is 19.4 Å². The van der Waals surface area contributed by atoms with Gasteiger partial charge in [-0.25, -0.2) is 4.79 Å². The molecule has 24 heavy (non-hydrogen) atoms. The Hall–Kier alpha value is -3.29. The molecule has 0 fully saturated rings. The van der Waals surface area contributed by atoms with Crippen molar-refractivity contribution in [3.63, 3.8) is 0 Å². The van der Waals surface area contributed by atoms with Crippen molar-refractivity contribution in [2.75, 3.05) is 7.11 Å². The highest BCUT2D eigenvalue weighted by atomic mass is 16.9. The minimum Gasteiger partial charge on any atom is -0.504 e. The second kappa shape index (κ2) is 7.82. The first-order valence-electron chi connectivity index (χ1n) is 6.89. The van der Waals surface area contributed by atoms with E-state index < -0.39 is 11.1 Å². The van der Waals surface area contributed by atoms with Crippen molar-refractivity contribution in [1.82, 2.24) is 0 Å². The fraction of sp³-hybridized carbons (Fsp3) is 0.188. The summed E-state index contributed by atoms with van der Waals surface area (Å²) in [5.74, 6) is -0.449. The van der Waals surface area contributed by atoms with Crippen LogP contribution in [0.4, 0.5) is 0 Å². The van der Waals surface area contributed by atoms with Gasteiger partial charge in [-0.1, -0.05) is 24.3 Å². The Labute approximate surface area is 137 Å². The van der Waals surface area contributed by atoms with E-state index in [4.69, 9.17) is 9.47 Å². The second-order valence-corrected chi connectivity index (χ2v) is 4.78. The van der Waals surface area contributed by atoms with E-state index in [9.17, 15) is 20.0 Å². The van der Waals surface area contributed by atoms with Gasteiger partial charge in [0.15, 0.2) is 11.5 Å². The third kappa shape index (κ3) is 4.60. The van der Waals surface area contributed by atoms with E-state index in [0.29, 0.717) is 5.56 Å². The summed E-state index contributed by atoms with van der Waals surface area (Å²) in [6, 6.07) is 10.8. The second-order valence-electron chi connectivity index (χ2n) is 4.78. The average molecular weight is 333 g/mol. The first-order valence-corrected chi connectivity index (χ1v) is 6.89. The lowest BCUT2D eigenvalue weighted by Gasteiger charge is -2.08. The number of ether oxygens (including phenoxy) is 2. The van der Waals surface area contributed by atoms with Crippen LogP contribution in [-0.2, 0) is 22.8 Å². The Balaban J connectivity index is 1.93. The van der Waals surface area contributed by atoms with Gasteiger partial charge in [0.1, 0.15) is 13.2 Å². The fourth-order valence-corrected chi connectivity index (χ4v) is 1.90. The summed E-state index contributed by atoms with van der Waals surface area (Å²) in [5.41, 5.74) is 1.60. The quantitative estimate of drug-likeness (QED) is 0.471. The van der Waals surface area contributed by atoms with Gasteiger partial charge in [0.05, 0.1) is 12.7 Å². The van der Waals surface area contributed by atoms with E-state index in [0.717, 1.165) is 5.56 Å².